The number of nitrogens with two attached hydrogens (primary N) is 1. The molecule has 0 bridgehead atoms. The Morgan fingerprint density at radius 1 is 1.42 bits per heavy atom. The maximum absolute atomic E-state index is 14.0. The molecule has 3 aromatic rings. The molecule has 0 aliphatic heterocycles. The maximum Gasteiger partial charge on any atom is 0.194 e. The van der Waals surface area contributed by atoms with E-state index in [4.69, 9.17) is 5.73 Å². The predicted octanol–water partition coefficient (Wildman–Crippen LogP) is 3.09. The zero-order valence-electron chi connectivity index (χ0n) is 10.5. The molecular formula is C14H14FN3S. The van der Waals surface area contributed by atoms with Gasteiger partial charge in [-0.25, -0.2) is 9.37 Å². The molecule has 0 fully saturated rings. The number of halogens is 1. The van der Waals surface area contributed by atoms with Crippen LogP contribution in [0.25, 0.3) is 16.2 Å². The summed E-state index contributed by atoms with van der Waals surface area (Å²) in [7, 11) is 0. The van der Waals surface area contributed by atoms with E-state index in [0.717, 1.165) is 10.7 Å². The topological polar surface area (TPSA) is 43.3 Å². The first-order chi connectivity index (χ1) is 9.16. The van der Waals surface area contributed by atoms with Crippen LogP contribution >= 0.6 is 11.3 Å². The summed E-state index contributed by atoms with van der Waals surface area (Å²) in [5, 5.41) is 1.97. The SMILES string of the molecule is CC(N)Cc1c(-c2ccccc2F)nc2sccn12. The van der Waals surface area contributed by atoms with Gasteiger partial charge in [-0.1, -0.05) is 12.1 Å². The highest BCUT2D eigenvalue weighted by Gasteiger charge is 2.18. The Labute approximate surface area is 114 Å². The molecule has 2 heterocycles. The van der Waals surface area contributed by atoms with Gasteiger partial charge in [-0.3, -0.25) is 4.40 Å². The van der Waals surface area contributed by atoms with E-state index in [-0.39, 0.29) is 11.9 Å². The van der Waals surface area contributed by atoms with Crippen molar-refractivity contribution in [2.24, 2.45) is 5.73 Å². The third-order valence-electron chi connectivity index (χ3n) is 3.01. The summed E-state index contributed by atoms with van der Waals surface area (Å²) in [5.41, 5.74) is 8.10. The van der Waals surface area contributed by atoms with Crippen LogP contribution in [0.3, 0.4) is 0 Å². The molecule has 0 spiro atoms. The minimum atomic E-state index is -0.251. The van der Waals surface area contributed by atoms with Gasteiger partial charge in [0.2, 0.25) is 0 Å². The number of aromatic nitrogens is 2. The maximum atomic E-state index is 14.0. The summed E-state index contributed by atoms with van der Waals surface area (Å²) < 4.78 is 15.9. The van der Waals surface area contributed by atoms with E-state index < -0.39 is 0 Å². The van der Waals surface area contributed by atoms with E-state index in [2.05, 4.69) is 4.98 Å². The molecule has 0 saturated carbocycles. The highest BCUT2D eigenvalue weighted by Crippen LogP contribution is 2.29. The van der Waals surface area contributed by atoms with Gasteiger partial charge in [0, 0.05) is 29.6 Å². The van der Waals surface area contributed by atoms with Gasteiger partial charge in [0.25, 0.3) is 0 Å². The van der Waals surface area contributed by atoms with E-state index in [9.17, 15) is 4.39 Å². The molecule has 0 aliphatic rings. The van der Waals surface area contributed by atoms with Crippen LogP contribution in [0.5, 0.6) is 0 Å². The van der Waals surface area contributed by atoms with Crippen molar-refractivity contribution >= 4 is 16.3 Å². The quantitative estimate of drug-likeness (QED) is 0.798. The first-order valence-electron chi connectivity index (χ1n) is 6.11. The normalized spacial score (nSPS) is 13.0. The number of rotatable bonds is 3. The van der Waals surface area contributed by atoms with E-state index >= 15 is 0 Å². The fourth-order valence-corrected chi connectivity index (χ4v) is 2.93. The molecule has 1 atom stereocenters. The second kappa shape index (κ2) is 4.75. The van der Waals surface area contributed by atoms with Crippen molar-refractivity contribution in [3.05, 3.63) is 47.4 Å². The van der Waals surface area contributed by atoms with E-state index in [1.807, 2.05) is 29.0 Å². The van der Waals surface area contributed by atoms with Crippen molar-refractivity contribution in [3.8, 4) is 11.3 Å². The molecule has 0 aliphatic carbocycles. The lowest BCUT2D eigenvalue weighted by atomic mass is 10.1. The Hall–Kier alpha value is -1.72. The van der Waals surface area contributed by atoms with Gasteiger partial charge < -0.3 is 5.73 Å². The number of fused-ring (bicyclic) bond motifs is 1. The molecule has 0 amide bonds. The second-order valence-electron chi connectivity index (χ2n) is 4.62. The monoisotopic (exact) mass is 275 g/mol. The minimum Gasteiger partial charge on any atom is -0.328 e. The molecule has 3 rings (SSSR count). The zero-order valence-corrected chi connectivity index (χ0v) is 11.3. The Kier molecular flexibility index (Phi) is 3.08. The predicted molar refractivity (Wildman–Crippen MR) is 75.8 cm³/mol. The summed E-state index contributed by atoms with van der Waals surface area (Å²) in [6, 6.07) is 6.72. The van der Waals surface area contributed by atoms with Gasteiger partial charge in [0.15, 0.2) is 4.96 Å². The van der Waals surface area contributed by atoms with Crippen molar-refractivity contribution in [2.45, 2.75) is 19.4 Å². The highest BCUT2D eigenvalue weighted by molar-refractivity contribution is 7.15. The van der Waals surface area contributed by atoms with Gasteiger partial charge in [-0.2, -0.15) is 0 Å². The fourth-order valence-electron chi connectivity index (χ4n) is 2.20. The number of thiazole rings is 1. The Balaban J connectivity index is 2.22. The summed E-state index contributed by atoms with van der Waals surface area (Å²) >= 11 is 1.54. The Morgan fingerprint density at radius 3 is 2.95 bits per heavy atom. The summed E-state index contributed by atoms with van der Waals surface area (Å²) in [6.45, 7) is 1.94. The summed E-state index contributed by atoms with van der Waals surface area (Å²) in [4.78, 5) is 5.41. The van der Waals surface area contributed by atoms with Crippen LogP contribution in [-0.2, 0) is 6.42 Å². The lowest BCUT2D eigenvalue weighted by Crippen LogP contribution is -2.19. The number of hydrogen-bond acceptors (Lipinski definition) is 3. The van der Waals surface area contributed by atoms with E-state index in [1.54, 1.807) is 12.1 Å². The van der Waals surface area contributed by atoms with E-state index in [1.165, 1.54) is 17.4 Å². The second-order valence-corrected chi connectivity index (χ2v) is 5.50. The van der Waals surface area contributed by atoms with Gasteiger partial charge in [0.1, 0.15) is 5.82 Å². The number of hydrogen-bond donors (Lipinski definition) is 1. The zero-order chi connectivity index (χ0) is 13.4. The first kappa shape index (κ1) is 12.3. The molecule has 0 saturated heterocycles. The van der Waals surface area contributed by atoms with Crippen molar-refractivity contribution in [3.63, 3.8) is 0 Å². The van der Waals surface area contributed by atoms with Crippen molar-refractivity contribution in [1.29, 1.82) is 0 Å². The molecule has 3 nitrogen and oxygen atoms in total. The number of nitrogens with zero attached hydrogens (tertiary/aromatic N) is 2. The number of benzene rings is 1. The lowest BCUT2D eigenvalue weighted by Gasteiger charge is -2.07. The lowest BCUT2D eigenvalue weighted by molar-refractivity contribution is 0.630. The first-order valence-corrected chi connectivity index (χ1v) is 6.99. The highest BCUT2D eigenvalue weighted by atomic mass is 32.1. The molecule has 5 heteroatoms. The summed E-state index contributed by atoms with van der Waals surface area (Å²) in [6.07, 6.45) is 2.62. The van der Waals surface area contributed by atoms with Gasteiger partial charge in [-0.15, -0.1) is 11.3 Å². The molecule has 0 radical (unpaired) electrons. The van der Waals surface area contributed by atoms with Gasteiger partial charge >= 0.3 is 0 Å². The van der Waals surface area contributed by atoms with Crippen LogP contribution in [0.4, 0.5) is 4.39 Å². The Bertz CT molecular complexity index is 714. The van der Waals surface area contributed by atoms with Crippen LogP contribution in [0.15, 0.2) is 35.8 Å². The van der Waals surface area contributed by atoms with Crippen molar-refractivity contribution < 1.29 is 4.39 Å². The molecule has 1 aromatic carbocycles. The van der Waals surface area contributed by atoms with Crippen molar-refractivity contribution in [2.75, 3.05) is 0 Å². The van der Waals surface area contributed by atoms with Crippen LogP contribution in [0.1, 0.15) is 12.6 Å². The third-order valence-corrected chi connectivity index (χ3v) is 3.76. The average molecular weight is 275 g/mol. The largest absolute Gasteiger partial charge is 0.328 e. The standard InChI is InChI=1S/C14H14FN3S/c1-9(16)8-12-13(10-4-2-3-5-11(10)15)17-14-18(12)6-7-19-14/h2-7,9H,8,16H2,1H3. The molecule has 2 aromatic heterocycles. The molecule has 2 N–H and O–H groups in total. The van der Waals surface area contributed by atoms with Gasteiger partial charge in [0.05, 0.1) is 11.4 Å². The van der Waals surface area contributed by atoms with Crippen LogP contribution < -0.4 is 5.73 Å². The van der Waals surface area contributed by atoms with E-state index in [0.29, 0.717) is 17.7 Å². The van der Waals surface area contributed by atoms with Crippen molar-refractivity contribution in [1.82, 2.24) is 9.38 Å². The average Bonchev–Trinajstić information content (AvgIpc) is 2.92. The van der Waals surface area contributed by atoms with Crippen LogP contribution in [0, 0.1) is 5.82 Å². The molecule has 1 unspecified atom stereocenters. The third kappa shape index (κ3) is 2.15. The minimum absolute atomic E-state index is 0.00493. The summed E-state index contributed by atoms with van der Waals surface area (Å²) in [5.74, 6) is -0.251. The van der Waals surface area contributed by atoms with Crippen LogP contribution in [0.2, 0.25) is 0 Å². The fraction of sp³-hybridized carbons (Fsp3) is 0.214. The van der Waals surface area contributed by atoms with Crippen LogP contribution in [-0.4, -0.2) is 15.4 Å². The molecule has 19 heavy (non-hydrogen) atoms. The smallest absolute Gasteiger partial charge is 0.194 e. The number of imidazole rings is 1. The Morgan fingerprint density at radius 2 is 2.21 bits per heavy atom. The van der Waals surface area contributed by atoms with Gasteiger partial charge in [-0.05, 0) is 19.1 Å². The molecular weight excluding hydrogens is 261 g/mol. The molecule has 98 valence electrons.